The first kappa shape index (κ1) is 14.5. The van der Waals surface area contributed by atoms with Crippen LogP contribution in [0.2, 0.25) is 0 Å². The number of methoxy groups -OCH3 is 2. The van der Waals surface area contributed by atoms with Gasteiger partial charge in [-0.1, -0.05) is 6.92 Å². The Morgan fingerprint density at radius 1 is 1.39 bits per heavy atom. The molecule has 18 heavy (non-hydrogen) atoms. The summed E-state index contributed by atoms with van der Waals surface area (Å²) < 4.78 is 9.22. The third kappa shape index (κ3) is 4.37. The van der Waals surface area contributed by atoms with Crippen molar-refractivity contribution in [1.29, 1.82) is 0 Å². The molecule has 0 fully saturated rings. The number of thioether (sulfide) groups is 1. The molecule has 1 aromatic rings. The van der Waals surface area contributed by atoms with Gasteiger partial charge in [0.25, 0.3) is 0 Å². The first-order valence-electron chi connectivity index (χ1n) is 5.34. The van der Waals surface area contributed by atoms with Gasteiger partial charge in [0.2, 0.25) is 0 Å². The Balaban J connectivity index is 2.67. The van der Waals surface area contributed by atoms with E-state index in [1.165, 1.54) is 26.0 Å². The van der Waals surface area contributed by atoms with Crippen LogP contribution in [0.5, 0.6) is 0 Å². The number of nitrogens with zero attached hydrogens (tertiary/aromatic N) is 1. The highest BCUT2D eigenvalue weighted by atomic mass is 32.2. The second kappa shape index (κ2) is 7.00. The van der Waals surface area contributed by atoms with E-state index in [1.54, 1.807) is 18.3 Å². The van der Waals surface area contributed by atoms with E-state index >= 15 is 0 Å². The van der Waals surface area contributed by atoms with E-state index in [2.05, 4.69) is 14.5 Å². The van der Waals surface area contributed by atoms with Crippen LogP contribution in [0.3, 0.4) is 0 Å². The van der Waals surface area contributed by atoms with E-state index in [-0.39, 0.29) is 11.2 Å². The molecule has 98 valence electrons. The molecular formula is C12H15NO4S. The lowest BCUT2D eigenvalue weighted by Crippen LogP contribution is -2.09. The van der Waals surface area contributed by atoms with Crippen molar-refractivity contribution in [1.82, 2.24) is 4.98 Å². The number of hydrogen-bond donors (Lipinski definition) is 0. The summed E-state index contributed by atoms with van der Waals surface area (Å²) in [6.45, 7) is 1.90. The van der Waals surface area contributed by atoms with Gasteiger partial charge in [0.15, 0.2) is 0 Å². The quantitative estimate of drug-likeness (QED) is 0.601. The summed E-state index contributed by atoms with van der Waals surface area (Å²) in [6.07, 6.45) is 1.84. The third-order valence-electron chi connectivity index (χ3n) is 2.16. The Bertz CT molecular complexity index is 436. The molecule has 0 saturated carbocycles. The second-order valence-electron chi connectivity index (χ2n) is 3.58. The van der Waals surface area contributed by atoms with Gasteiger partial charge in [-0.25, -0.2) is 9.78 Å². The van der Waals surface area contributed by atoms with Crippen molar-refractivity contribution >= 4 is 23.7 Å². The summed E-state index contributed by atoms with van der Waals surface area (Å²) in [5.41, 5.74) is 0.445. The minimum absolute atomic E-state index is 0.0258. The monoisotopic (exact) mass is 269 g/mol. The first-order chi connectivity index (χ1) is 8.56. The summed E-state index contributed by atoms with van der Waals surface area (Å²) in [5.74, 6) is -0.668. The van der Waals surface area contributed by atoms with Crippen molar-refractivity contribution in [3.05, 3.63) is 23.9 Å². The second-order valence-corrected chi connectivity index (χ2v) is 5.04. The number of pyridine rings is 1. The van der Waals surface area contributed by atoms with Crippen LogP contribution in [0, 0.1) is 0 Å². The largest absolute Gasteiger partial charge is 0.469 e. The van der Waals surface area contributed by atoms with Crippen molar-refractivity contribution in [2.45, 2.75) is 23.6 Å². The lowest BCUT2D eigenvalue weighted by Gasteiger charge is -2.09. The van der Waals surface area contributed by atoms with E-state index in [9.17, 15) is 9.59 Å². The van der Waals surface area contributed by atoms with Gasteiger partial charge in [0, 0.05) is 11.4 Å². The fraction of sp³-hybridized carbons (Fsp3) is 0.417. The maximum atomic E-state index is 11.3. The fourth-order valence-corrected chi connectivity index (χ4v) is 2.23. The highest BCUT2D eigenvalue weighted by Gasteiger charge is 2.13. The molecular weight excluding hydrogens is 254 g/mol. The minimum Gasteiger partial charge on any atom is -0.469 e. The smallest absolute Gasteiger partial charge is 0.337 e. The van der Waals surface area contributed by atoms with Crippen LogP contribution in [-0.4, -0.2) is 36.4 Å². The van der Waals surface area contributed by atoms with Crippen LogP contribution in [0.25, 0.3) is 0 Å². The average Bonchev–Trinajstić information content (AvgIpc) is 2.37. The van der Waals surface area contributed by atoms with Crippen molar-refractivity contribution in [3.63, 3.8) is 0 Å². The number of ether oxygens (including phenoxy) is 2. The Hall–Kier alpha value is -1.56. The topological polar surface area (TPSA) is 65.5 Å². The molecule has 0 aliphatic carbocycles. The third-order valence-corrected chi connectivity index (χ3v) is 3.19. The number of hydrogen-bond acceptors (Lipinski definition) is 6. The number of carbonyl (C=O) groups is 2. The van der Waals surface area contributed by atoms with Crippen molar-refractivity contribution < 1.29 is 19.1 Å². The molecule has 0 saturated heterocycles. The summed E-state index contributed by atoms with van der Waals surface area (Å²) in [5, 5.41) is 0.701. The van der Waals surface area contributed by atoms with Gasteiger partial charge in [-0.05, 0) is 12.1 Å². The maximum Gasteiger partial charge on any atom is 0.337 e. The molecule has 0 bridgehead atoms. The lowest BCUT2D eigenvalue weighted by atomic mass is 10.3. The lowest BCUT2D eigenvalue weighted by molar-refractivity contribution is -0.140. The molecule has 1 atom stereocenters. The Kier molecular flexibility index (Phi) is 5.64. The van der Waals surface area contributed by atoms with Crippen molar-refractivity contribution in [3.8, 4) is 0 Å². The number of carbonyl (C=O) groups excluding carboxylic acids is 2. The molecule has 5 nitrogen and oxygen atoms in total. The molecule has 0 aromatic carbocycles. The number of rotatable bonds is 5. The SMILES string of the molecule is COC(=O)CC(C)Sc1cc(C(=O)OC)ccn1. The normalized spacial score (nSPS) is 11.7. The van der Waals surface area contributed by atoms with Crippen LogP contribution in [0.15, 0.2) is 23.4 Å². The Morgan fingerprint density at radius 3 is 2.72 bits per heavy atom. The van der Waals surface area contributed by atoms with Crippen LogP contribution < -0.4 is 0 Å². The Labute approximate surface area is 110 Å². The van der Waals surface area contributed by atoms with Gasteiger partial charge in [-0.2, -0.15) is 0 Å². The molecule has 0 spiro atoms. The van der Waals surface area contributed by atoms with Crippen LogP contribution in [0.1, 0.15) is 23.7 Å². The van der Waals surface area contributed by atoms with Gasteiger partial charge >= 0.3 is 11.9 Å². The molecule has 1 heterocycles. The van der Waals surface area contributed by atoms with Gasteiger partial charge in [-0.3, -0.25) is 4.79 Å². The minimum atomic E-state index is -0.403. The molecule has 0 N–H and O–H groups in total. The predicted molar refractivity (Wildman–Crippen MR) is 67.5 cm³/mol. The summed E-state index contributed by atoms with van der Waals surface area (Å²) in [6, 6.07) is 3.23. The van der Waals surface area contributed by atoms with E-state index in [4.69, 9.17) is 0 Å². The van der Waals surface area contributed by atoms with E-state index < -0.39 is 5.97 Å². The molecule has 0 aliphatic rings. The molecule has 0 radical (unpaired) electrons. The average molecular weight is 269 g/mol. The Morgan fingerprint density at radius 2 is 2.11 bits per heavy atom. The molecule has 1 aromatic heterocycles. The summed E-state index contributed by atoms with van der Waals surface area (Å²) in [7, 11) is 2.69. The van der Waals surface area contributed by atoms with E-state index in [0.717, 1.165) is 0 Å². The van der Waals surface area contributed by atoms with Crippen molar-refractivity contribution in [2.75, 3.05) is 14.2 Å². The van der Waals surface area contributed by atoms with Gasteiger partial charge < -0.3 is 9.47 Å². The highest BCUT2D eigenvalue weighted by molar-refractivity contribution is 7.99. The van der Waals surface area contributed by atoms with Gasteiger partial charge in [0.1, 0.15) is 0 Å². The predicted octanol–water partition coefficient (Wildman–Crippen LogP) is 1.91. The zero-order valence-corrected chi connectivity index (χ0v) is 11.3. The molecule has 1 unspecified atom stereocenters. The molecule has 0 amide bonds. The zero-order chi connectivity index (χ0) is 13.5. The zero-order valence-electron chi connectivity index (χ0n) is 10.5. The van der Waals surface area contributed by atoms with E-state index in [0.29, 0.717) is 17.0 Å². The fourth-order valence-electron chi connectivity index (χ4n) is 1.28. The first-order valence-corrected chi connectivity index (χ1v) is 6.22. The van der Waals surface area contributed by atoms with Crippen molar-refractivity contribution in [2.24, 2.45) is 0 Å². The number of esters is 2. The highest BCUT2D eigenvalue weighted by Crippen LogP contribution is 2.24. The summed E-state index contributed by atoms with van der Waals surface area (Å²) >= 11 is 1.41. The maximum absolute atomic E-state index is 11.3. The molecule has 1 rings (SSSR count). The van der Waals surface area contributed by atoms with Crippen LogP contribution in [0.4, 0.5) is 0 Å². The number of aromatic nitrogens is 1. The van der Waals surface area contributed by atoms with Crippen LogP contribution >= 0.6 is 11.8 Å². The molecule has 0 aliphatic heterocycles. The van der Waals surface area contributed by atoms with E-state index in [1.807, 2.05) is 6.92 Å². The van der Waals surface area contributed by atoms with Crippen LogP contribution in [-0.2, 0) is 14.3 Å². The summed E-state index contributed by atoms with van der Waals surface area (Å²) in [4.78, 5) is 26.6. The van der Waals surface area contributed by atoms with Gasteiger partial charge in [-0.15, -0.1) is 11.8 Å². The standard InChI is InChI=1S/C12H15NO4S/c1-8(6-11(14)16-2)18-10-7-9(4-5-13-10)12(15)17-3/h4-5,7-8H,6H2,1-3H3. The molecule has 6 heteroatoms. The van der Waals surface area contributed by atoms with Gasteiger partial charge in [0.05, 0.1) is 31.2 Å².